The van der Waals surface area contributed by atoms with Crippen LogP contribution in [-0.4, -0.2) is 69.6 Å². The molecule has 2 fully saturated rings. The zero-order valence-corrected chi connectivity index (χ0v) is 24.7. The van der Waals surface area contributed by atoms with Crippen molar-refractivity contribution in [2.75, 3.05) is 6.54 Å². The highest BCUT2D eigenvalue weighted by Gasteiger charge is 2.46. The average molecular weight is 578 g/mol. The summed E-state index contributed by atoms with van der Waals surface area (Å²) in [4.78, 5) is 64.8. The molecule has 4 amide bonds. The Morgan fingerprint density at radius 3 is 2.03 bits per heavy atom. The molecule has 4 atom stereocenters. The first-order valence-corrected chi connectivity index (χ1v) is 14.0. The van der Waals surface area contributed by atoms with E-state index in [1.807, 2.05) is 0 Å². The number of nitrogens with zero attached hydrogens (tertiary/aromatic N) is 1. The van der Waals surface area contributed by atoms with Crippen LogP contribution in [0.3, 0.4) is 0 Å². The maximum atomic E-state index is 13.9. The number of hydrogen-bond acceptors (Lipinski definition) is 6. The fraction of sp³-hybridized carbons (Fsp3) is 0.808. The Morgan fingerprint density at radius 2 is 1.58 bits per heavy atom. The van der Waals surface area contributed by atoms with Crippen molar-refractivity contribution in [3.8, 4) is 0 Å². The fourth-order valence-corrected chi connectivity index (χ4v) is 5.31. The molecule has 0 aromatic carbocycles. The van der Waals surface area contributed by atoms with Gasteiger partial charge < -0.3 is 26.0 Å². The maximum absolute atomic E-state index is 13.9. The molecule has 38 heavy (non-hydrogen) atoms. The predicted octanol–water partition coefficient (Wildman–Crippen LogP) is 3.07. The number of nitrogens with one attached hydrogen (secondary N) is 2. The third-order valence-corrected chi connectivity index (χ3v) is 7.28. The summed E-state index contributed by atoms with van der Waals surface area (Å²) in [6.45, 7) is 10.7. The van der Waals surface area contributed by atoms with E-state index in [0.717, 1.165) is 19.3 Å². The van der Waals surface area contributed by atoms with Crippen molar-refractivity contribution in [3.05, 3.63) is 0 Å². The number of ketones is 1. The Morgan fingerprint density at radius 1 is 0.974 bits per heavy atom. The highest BCUT2D eigenvalue weighted by atomic mass is 35.5. The molecule has 0 radical (unpaired) electrons. The van der Waals surface area contributed by atoms with Crippen molar-refractivity contribution < 1.29 is 28.7 Å². The van der Waals surface area contributed by atoms with E-state index in [4.69, 9.17) is 33.7 Å². The summed E-state index contributed by atoms with van der Waals surface area (Å²) in [5.41, 5.74) is 3.76. The Kier molecular flexibility index (Phi) is 10.9. The van der Waals surface area contributed by atoms with Gasteiger partial charge in [0.15, 0.2) is 0 Å². The summed E-state index contributed by atoms with van der Waals surface area (Å²) in [5, 5.41) is 5.36. The summed E-state index contributed by atoms with van der Waals surface area (Å²) >= 11 is 12.0. The molecule has 1 saturated carbocycles. The number of ether oxygens (including phenoxy) is 1. The molecular formula is C26H42Cl2N4O6. The van der Waals surface area contributed by atoms with Gasteiger partial charge in [0.05, 0.1) is 6.04 Å². The van der Waals surface area contributed by atoms with E-state index in [1.54, 1.807) is 41.5 Å². The molecule has 0 aromatic heterocycles. The van der Waals surface area contributed by atoms with Crippen molar-refractivity contribution in [2.45, 2.75) is 109 Å². The number of primary amides is 1. The number of alkyl carbamates (subject to hydrolysis) is 1. The normalized spacial score (nSPS) is 21.9. The molecule has 1 heterocycles. The third kappa shape index (κ3) is 9.29. The zero-order chi connectivity index (χ0) is 29.0. The zero-order valence-electron chi connectivity index (χ0n) is 23.1. The van der Waals surface area contributed by atoms with Crippen LogP contribution in [0.2, 0.25) is 0 Å². The van der Waals surface area contributed by atoms with E-state index in [0.29, 0.717) is 12.8 Å². The van der Waals surface area contributed by atoms with Crippen LogP contribution in [0.25, 0.3) is 0 Å². The number of rotatable bonds is 10. The molecule has 2 rings (SSSR count). The molecule has 1 saturated heterocycles. The van der Waals surface area contributed by atoms with Crippen LogP contribution in [0.5, 0.6) is 0 Å². The molecule has 0 spiro atoms. The molecule has 0 unspecified atom stereocenters. The Bertz CT molecular complexity index is 910. The molecule has 2 aliphatic rings. The SMILES string of the molecule is CC(C)(C)OC(=O)N[C@H](C(=O)N1C[C@H](CC(Cl)Cl)C[C@H]1C(=O)N[C@H](CC1CCC1)C(=O)C(N)=O)C(C)(C)C. The van der Waals surface area contributed by atoms with Crippen LogP contribution in [0.4, 0.5) is 4.79 Å². The number of amides is 4. The minimum absolute atomic E-state index is 0.186. The lowest BCUT2D eigenvalue weighted by atomic mass is 9.80. The van der Waals surface area contributed by atoms with Gasteiger partial charge >= 0.3 is 6.09 Å². The van der Waals surface area contributed by atoms with E-state index < -0.39 is 63.6 Å². The molecule has 12 heteroatoms. The topological polar surface area (TPSA) is 148 Å². The highest BCUT2D eigenvalue weighted by molar-refractivity contribution is 6.44. The molecule has 1 aliphatic carbocycles. The van der Waals surface area contributed by atoms with Gasteiger partial charge in [0.25, 0.3) is 5.91 Å². The maximum Gasteiger partial charge on any atom is 0.408 e. The van der Waals surface area contributed by atoms with Gasteiger partial charge in [-0.05, 0) is 57.3 Å². The van der Waals surface area contributed by atoms with E-state index in [9.17, 15) is 24.0 Å². The van der Waals surface area contributed by atoms with Gasteiger partial charge in [0.2, 0.25) is 17.6 Å². The molecule has 0 bridgehead atoms. The standard InChI is InChI=1S/C26H42Cl2N4O6/c1-25(2,3)20(31-24(37)38-26(4,5)6)23(36)32-13-15(12-18(27)28)11-17(32)22(35)30-16(19(33)21(29)34)10-14-8-7-9-14/h14-18,20H,7-13H2,1-6H3,(H2,29,34)(H,30,35)(H,31,37)/t15-,16+,17-,20+/m0/s1. The number of carbonyl (C=O) groups is 5. The second-order valence-electron chi connectivity index (χ2n) is 12.5. The highest BCUT2D eigenvalue weighted by Crippen LogP contribution is 2.33. The monoisotopic (exact) mass is 576 g/mol. The Balaban J connectivity index is 2.30. The third-order valence-electron chi connectivity index (χ3n) is 6.93. The largest absolute Gasteiger partial charge is 0.444 e. The van der Waals surface area contributed by atoms with Crippen molar-refractivity contribution in [2.24, 2.45) is 23.0 Å². The lowest BCUT2D eigenvalue weighted by Gasteiger charge is -2.36. The first-order valence-electron chi connectivity index (χ1n) is 13.1. The first kappa shape index (κ1) is 32.1. The predicted molar refractivity (Wildman–Crippen MR) is 144 cm³/mol. The fourth-order valence-electron chi connectivity index (χ4n) is 4.81. The number of nitrogens with two attached hydrogens (primary N) is 1. The molecule has 216 valence electrons. The van der Waals surface area contributed by atoms with E-state index >= 15 is 0 Å². The Hall–Kier alpha value is -2.07. The van der Waals surface area contributed by atoms with Gasteiger partial charge in [-0.2, -0.15) is 0 Å². The van der Waals surface area contributed by atoms with Crippen molar-refractivity contribution >= 4 is 52.8 Å². The van der Waals surface area contributed by atoms with Crippen LogP contribution in [-0.2, 0) is 23.9 Å². The van der Waals surface area contributed by atoms with E-state index in [2.05, 4.69) is 10.6 Å². The second kappa shape index (κ2) is 12.9. The molecule has 1 aliphatic heterocycles. The van der Waals surface area contributed by atoms with Crippen LogP contribution in [0.15, 0.2) is 0 Å². The summed E-state index contributed by atoms with van der Waals surface area (Å²) in [6, 6.07) is -3.02. The molecule has 10 nitrogen and oxygen atoms in total. The smallest absolute Gasteiger partial charge is 0.408 e. The lowest BCUT2D eigenvalue weighted by molar-refractivity contribution is -0.143. The van der Waals surface area contributed by atoms with Crippen molar-refractivity contribution in [1.29, 1.82) is 0 Å². The molecular weight excluding hydrogens is 535 g/mol. The van der Waals surface area contributed by atoms with Crippen molar-refractivity contribution in [1.82, 2.24) is 15.5 Å². The van der Waals surface area contributed by atoms with Gasteiger partial charge in [-0.1, -0.05) is 40.0 Å². The number of likely N-dealkylation sites (tertiary alicyclic amines) is 1. The van der Waals surface area contributed by atoms with Gasteiger partial charge in [-0.3, -0.25) is 19.2 Å². The van der Waals surface area contributed by atoms with Crippen LogP contribution < -0.4 is 16.4 Å². The molecule has 4 N–H and O–H groups in total. The van der Waals surface area contributed by atoms with Crippen LogP contribution >= 0.6 is 23.2 Å². The summed E-state index contributed by atoms with van der Waals surface area (Å²) in [7, 11) is 0. The van der Waals surface area contributed by atoms with Crippen molar-refractivity contribution in [3.63, 3.8) is 0 Å². The lowest BCUT2D eigenvalue weighted by Crippen LogP contribution is -2.59. The van der Waals surface area contributed by atoms with Crippen LogP contribution in [0.1, 0.15) is 80.1 Å². The number of alkyl halides is 2. The second-order valence-corrected chi connectivity index (χ2v) is 13.8. The van der Waals surface area contributed by atoms with Crippen LogP contribution in [0, 0.1) is 17.3 Å². The number of halogens is 2. The minimum Gasteiger partial charge on any atom is -0.444 e. The van der Waals surface area contributed by atoms with Gasteiger partial charge in [0, 0.05) is 6.54 Å². The van der Waals surface area contributed by atoms with Gasteiger partial charge in [0.1, 0.15) is 22.5 Å². The first-order chi connectivity index (χ1) is 17.4. The summed E-state index contributed by atoms with van der Waals surface area (Å²) < 4.78 is 5.36. The summed E-state index contributed by atoms with van der Waals surface area (Å²) in [6.07, 6.45) is 3.01. The van der Waals surface area contributed by atoms with E-state index in [1.165, 1.54) is 4.90 Å². The quantitative estimate of drug-likeness (QED) is 0.269. The molecule has 0 aromatic rings. The number of Topliss-reactive ketones (excluding diaryl/α,β-unsaturated/α-hetero) is 1. The average Bonchev–Trinajstić information content (AvgIpc) is 3.13. The van der Waals surface area contributed by atoms with Gasteiger partial charge in [-0.25, -0.2) is 4.79 Å². The Labute approximate surface area is 235 Å². The number of carbonyl (C=O) groups excluding carboxylic acids is 5. The summed E-state index contributed by atoms with van der Waals surface area (Å²) in [5.74, 6) is -2.98. The number of hydrogen-bond donors (Lipinski definition) is 3. The minimum atomic E-state index is -1.12. The van der Waals surface area contributed by atoms with E-state index in [-0.39, 0.29) is 24.8 Å². The van der Waals surface area contributed by atoms with Gasteiger partial charge in [-0.15, -0.1) is 23.2 Å².